The van der Waals surface area contributed by atoms with Crippen molar-refractivity contribution in [1.29, 1.82) is 0 Å². The van der Waals surface area contributed by atoms with E-state index < -0.39 is 0 Å². The maximum Gasteiger partial charge on any atom is 0.275 e. The van der Waals surface area contributed by atoms with E-state index in [1.54, 1.807) is 0 Å². The molecule has 0 atom stereocenters. The summed E-state index contributed by atoms with van der Waals surface area (Å²) in [4.78, 5) is 21.1. The van der Waals surface area contributed by atoms with Crippen molar-refractivity contribution in [3.05, 3.63) is 64.9 Å². The van der Waals surface area contributed by atoms with Crippen LogP contribution in [0, 0.1) is 6.92 Å². The fraction of sp³-hybridized carbons (Fsp3) is 0.190. The molecular formula is C21H19N3O2. The quantitative estimate of drug-likeness (QED) is 0.664. The molecule has 5 nitrogen and oxygen atoms in total. The van der Waals surface area contributed by atoms with Crippen molar-refractivity contribution in [1.82, 2.24) is 15.8 Å². The third-order valence-electron chi connectivity index (χ3n) is 5.23. The first kappa shape index (κ1) is 15.2. The van der Waals surface area contributed by atoms with E-state index in [0.717, 1.165) is 40.7 Å². The Morgan fingerprint density at radius 2 is 2.04 bits per heavy atom. The number of aryl methyl sites for hydroxylation is 1. The second-order valence-electron chi connectivity index (χ2n) is 6.83. The van der Waals surface area contributed by atoms with Crippen molar-refractivity contribution in [2.45, 2.75) is 20.0 Å². The van der Waals surface area contributed by atoms with E-state index in [1.165, 1.54) is 16.7 Å². The summed E-state index contributed by atoms with van der Waals surface area (Å²) in [5.74, 6) is -0.202. The van der Waals surface area contributed by atoms with Crippen LogP contribution in [0.4, 0.5) is 0 Å². The molecule has 3 aromatic rings. The third-order valence-corrected chi connectivity index (χ3v) is 5.23. The van der Waals surface area contributed by atoms with Crippen LogP contribution in [-0.4, -0.2) is 17.4 Å². The number of carbonyl (C=O) groups is 1. The van der Waals surface area contributed by atoms with Gasteiger partial charge in [0.25, 0.3) is 5.91 Å². The zero-order valence-electron chi connectivity index (χ0n) is 14.5. The first-order valence-corrected chi connectivity index (χ1v) is 8.82. The Bertz CT molecular complexity index is 1080. The van der Waals surface area contributed by atoms with Crippen LogP contribution in [0.1, 0.15) is 33.5 Å². The zero-order valence-corrected chi connectivity index (χ0v) is 14.5. The van der Waals surface area contributed by atoms with Crippen molar-refractivity contribution in [3.8, 4) is 11.3 Å². The Morgan fingerprint density at radius 3 is 2.85 bits per heavy atom. The van der Waals surface area contributed by atoms with E-state index in [2.05, 4.69) is 47.1 Å². The number of carbonyl (C=O) groups excluding carboxylic acids is 1. The summed E-state index contributed by atoms with van der Waals surface area (Å²) in [5, 5.41) is 4.23. The van der Waals surface area contributed by atoms with Crippen LogP contribution in [0.15, 0.2) is 42.6 Å². The van der Waals surface area contributed by atoms with Gasteiger partial charge in [-0.2, -0.15) is 0 Å². The van der Waals surface area contributed by atoms with Crippen molar-refractivity contribution >= 4 is 22.4 Å². The minimum atomic E-state index is -0.202. The highest BCUT2D eigenvalue weighted by Gasteiger charge is 2.23. The van der Waals surface area contributed by atoms with E-state index in [1.807, 2.05) is 18.2 Å². The van der Waals surface area contributed by atoms with Crippen LogP contribution < -0.4 is 10.8 Å². The monoisotopic (exact) mass is 345 g/mol. The molecular weight excluding hydrogens is 326 g/mol. The Balaban J connectivity index is 1.68. The standard InChI is InChI=1S/C21H19N3O2/c1-12-9-13(5-6-15(12)14-7-8-22-10-14)20-17-11-26-24-21(25)16-3-2-4-18(23-20)19(16)17/h2-6,9-10,22-23H,7-8,11H2,1H3,(H,24,25). The molecule has 0 fully saturated rings. The van der Waals surface area contributed by atoms with Gasteiger partial charge >= 0.3 is 0 Å². The van der Waals surface area contributed by atoms with E-state index in [-0.39, 0.29) is 5.91 Å². The molecule has 0 saturated carbocycles. The van der Waals surface area contributed by atoms with Gasteiger partial charge < -0.3 is 10.3 Å². The second kappa shape index (κ2) is 5.75. The van der Waals surface area contributed by atoms with Crippen LogP contribution in [0.3, 0.4) is 0 Å². The molecule has 3 N–H and O–H groups in total. The summed E-state index contributed by atoms with van der Waals surface area (Å²) < 4.78 is 0. The fourth-order valence-electron chi connectivity index (χ4n) is 3.99. The summed E-state index contributed by atoms with van der Waals surface area (Å²) in [5.41, 5.74) is 11.1. The smallest absolute Gasteiger partial charge is 0.275 e. The van der Waals surface area contributed by atoms with Gasteiger partial charge in [-0.1, -0.05) is 18.2 Å². The molecule has 130 valence electrons. The molecule has 1 amide bonds. The normalized spacial score (nSPS) is 16.2. The van der Waals surface area contributed by atoms with Gasteiger partial charge in [0.15, 0.2) is 0 Å². The van der Waals surface area contributed by atoms with E-state index in [0.29, 0.717) is 12.2 Å². The third kappa shape index (κ3) is 2.24. The molecule has 2 aliphatic rings. The molecule has 2 aliphatic heterocycles. The van der Waals surface area contributed by atoms with Crippen LogP contribution in [0.5, 0.6) is 0 Å². The number of nitrogens with one attached hydrogen (secondary N) is 3. The average Bonchev–Trinajstić information content (AvgIpc) is 3.26. The summed E-state index contributed by atoms with van der Waals surface area (Å²) in [6, 6.07) is 12.3. The van der Waals surface area contributed by atoms with Gasteiger partial charge in [0.05, 0.1) is 11.3 Å². The van der Waals surface area contributed by atoms with Crippen molar-refractivity contribution in [2.75, 3.05) is 6.54 Å². The van der Waals surface area contributed by atoms with Crippen molar-refractivity contribution in [3.63, 3.8) is 0 Å². The molecule has 0 unspecified atom stereocenters. The minimum Gasteiger partial charge on any atom is -0.390 e. The SMILES string of the molecule is Cc1cc(-c2[nH]c3cccc4c3c2CONC4=O)ccc1C1=CNCC1. The Morgan fingerprint density at radius 1 is 1.12 bits per heavy atom. The van der Waals surface area contributed by atoms with E-state index in [4.69, 9.17) is 4.84 Å². The van der Waals surface area contributed by atoms with Gasteiger partial charge in [-0.25, -0.2) is 5.48 Å². The van der Waals surface area contributed by atoms with Gasteiger partial charge in [0.1, 0.15) is 6.61 Å². The number of rotatable bonds is 2. The number of H-pyrrole nitrogens is 1. The van der Waals surface area contributed by atoms with E-state index in [9.17, 15) is 4.79 Å². The lowest BCUT2D eigenvalue weighted by Crippen LogP contribution is -2.21. The minimum absolute atomic E-state index is 0.202. The van der Waals surface area contributed by atoms with Crippen molar-refractivity contribution in [2.24, 2.45) is 0 Å². The molecule has 2 aromatic carbocycles. The van der Waals surface area contributed by atoms with Crippen LogP contribution in [-0.2, 0) is 11.4 Å². The second-order valence-corrected chi connectivity index (χ2v) is 6.83. The number of aromatic amines is 1. The van der Waals surface area contributed by atoms with Gasteiger partial charge in [-0.15, -0.1) is 0 Å². The highest BCUT2D eigenvalue weighted by molar-refractivity contribution is 6.09. The maximum absolute atomic E-state index is 12.2. The predicted octanol–water partition coefficient (Wildman–Crippen LogP) is 3.65. The van der Waals surface area contributed by atoms with Gasteiger partial charge in [-0.3, -0.25) is 9.63 Å². The van der Waals surface area contributed by atoms with Crippen LogP contribution >= 0.6 is 0 Å². The molecule has 0 bridgehead atoms. The summed E-state index contributed by atoms with van der Waals surface area (Å²) in [6.07, 6.45) is 3.17. The molecule has 26 heavy (non-hydrogen) atoms. The predicted molar refractivity (Wildman–Crippen MR) is 101 cm³/mol. The Labute approximate surface area is 151 Å². The Hall–Kier alpha value is -3.05. The van der Waals surface area contributed by atoms with Crippen LogP contribution in [0.25, 0.3) is 27.7 Å². The molecule has 1 aromatic heterocycles. The van der Waals surface area contributed by atoms with E-state index >= 15 is 0 Å². The zero-order chi connectivity index (χ0) is 17.7. The lowest BCUT2D eigenvalue weighted by molar-refractivity contribution is 0.0256. The largest absolute Gasteiger partial charge is 0.390 e. The summed E-state index contributed by atoms with van der Waals surface area (Å²) in [7, 11) is 0. The Kier molecular flexibility index (Phi) is 3.36. The number of aromatic nitrogens is 1. The topological polar surface area (TPSA) is 66.1 Å². The number of hydroxylamine groups is 1. The number of hydrogen-bond acceptors (Lipinski definition) is 3. The van der Waals surface area contributed by atoms with Crippen molar-refractivity contribution < 1.29 is 9.63 Å². The molecule has 0 aliphatic carbocycles. The molecule has 0 saturated heterocycles. The molecule has 3 heterocycles. The highest BCUT2D eigenvalue weighted by atomic mass is 16.6. The molecule has 0 spiro atoms. The van der Waals surface area contributed by atoms with Crippen LogP contribution in [0.2, 0.25) is 0 Å². The highest BCUT2D eigenvalue weighted by Crippen LogP contribution is 2.36. The van der Waals surface area contributed by atoms with Gasteiger partial charge in [-0.05, 0) is 53.8 Å². The maximum atomic E-state index is 12.2. The summed E-state index contributed by atoms with van der Waals surface area (Å²) >= 11 is 0. The molecule has 5 heteroatoms. The lowest BCUT2D eigenvalue weighted by atomic mass is 9.95. The number of hydrogen-bond donors (Lipinski definition) is 3. The molecule has 5 rings (SSSR count). The number of benzene rings is 2. The molecule has 0 radical (unpaired) electrons. The number of amides is 1. The average molecular weight is 345 g/mol. The first-order valence-electron chi connectivity index (χ1n) is 8.82. The fourth-order valence-corrected chi connectivity index (χ4v) is 3.99. The lowest BCUT2D eigenvalue weighted by Gasteiger charge is -2.10. The van der Waals surface area contributed by atoms with Gasteiger partial charge in [0.2, 0.25) is 0 Å². The van der Waals surface area contributed by atoms with Gasteiger partial charge in [0, 0.05) is 29.2 Å². The summed E-state index contributed by atoms with van der Waals surface area (Å²) in [6.45, 7) is 3.49. The first-order chi connectivity index (χ1) is 12.7.